The van der Waals surface area contributed by atoms with Gasteiger partial charge in [0.15, 0.2) is 0 Å². The zero-order valence-corrected chi connectivity index (χ0v) is 15.4. The lowest BCUT2D eigenvalue weighted by atomic mass is 10.1. The number of hydrogen-bond acceptors (Lipinski definition) is 6. The van der Waals surface area contributed by atoms with Crippen molar-refractivity contribution in [2.75, 3.05) is 7.11 Å². The van der Waals surface area contributed by atoms with Crippen molar-refractivity contribution in [3.05, 3.63) is 82.0 Å². The Morgan fingerprint density at radius 2 is 2.07 bits per heavy atom. The standard InChI is InChI=1S/C20H17N5O4/c1-29-19-10-3-2-6-14(19)8-5-11-21-24-20(26)18-13-17(22-23-18)15-7-4-9-16(12-15)25(27)28/h2-13H,1H3,(H,22,23)(H,24,26)/b8-5+,21-11+. The topological polar surface area (TPSA) is 123 Å². The Morgan fingerprint density at radius 3 is 2.86 bits per heavy atom. The van der Waals surface area contributed by atoms with Gasteiger partial charge in [0.2, 0.25) is 0 Å². The molecular weight excluding hydrogens is 374 g/mol. The van der Waals surface area contributed by atoms with Gasteiger partial charge < -0.3 is 4.74 Å². The normalized spacial score (nSPS) is 11.1. The van der Waals surface area contributed by atoms with E-state index in [1.807, 2.05) is 24.3 Å². The van der Waals surface area contributed by atoms with E-state index in [1.54, 1.807) is 31.4 Å². The molecule has 0 aliphatic heterocycles. The average Bonchev–Trinajstić information content (AvgIpc) is 3.24. The number of para-hydroxylation sites is 1. The van der Waals surface area contributed by atoms with Gasteiger partial charge in [-0.05, 0) is 24.3 Å². The Balaban J connectivity index is 1.62. The van der Waals surface area contributed by atoms with Crippen LogP contribution in [-0.4, -0.2) is 34.4 Å². The van der Waals surface area contributed by atoms with Crippen molar-refractivity contribution in [2.24, 2.45) is 5.10 Å². The number of carbonyl (C=O) groups is 1. The summed E-state index contributed by atoms with van der Waals surface area (Å²) in [6.45, 7) is 0. The van der Waals surface area contributed by atoms with Crippen LogP contribution in [0.2, 0.25) is 0 Å². The Morgan fingerprint density at radius 1 is 1.24 bits per heavy atom. The second-order valence-electron chi connectivity index (χ2n) is 5.79. The van der Waals surface area contributed by atoms with Crippen LogP contribution in [0.4, 0.5) is 5.69 Å². The predicted molar refractivity (Wildman–Crippen MR) is 109 cm³/mol. The van der Waals surface area contributed by atoms with Crippen molar-refractivity contribution >= 4 is 23.9 Å². The van der Waals surface area contributed by atoms with Crippen LogP contribution >= 0.6 is 0 Å². The van der Waals surface area contributed by atoms with Gasteiger partial charge in [0, 0.05) is 29.5 Å². The van der Waals surface area contributed by atoms with E-state index in [4.69, 9.17) is 4.74 Å². The van der Waals surface area contributed by atoms with Crippen molar-refractivity contribution in [2.45, 2.75) is 0 Å². The number of H-pyrrole nitrogens is 1. The first-order chi connectivity index (χ1) is 14.1. The summed E-state index contributed by atoms with van der Waals surface area (Å²) in [5, 5.41) is 21.3. The van der Waals surface area contributed by atoms with Crippen molar-refractivity contribution in [1.29, 1.82) is 0 Å². The highest BCUT2D eigenvalue weighted by molar-refractivity contribution is 5.94. The molecule has 0 saturated heterocycles. The molecule has 0 aliphatic rings. The first-order valence-electron chi connectivity index (χ1n) is 8.52. The fourth-order valence-electron chi connectivity index (χ4n) is 2.51. The molecule has 2 N–H and O–H groups in total. The van der Waals surface area contributed by atoms with Gasteiger partial charge >= 0.3 is 0 Å². The highest BCUT2D eigenvalue weighted by Gasteiger charge is 2.13. The number of methoxy groups -OCH3 is 1. The van der Waals surface area contributed by atoms with Gasteiger partial charge in [-0.2, -0.15) is 10.2 Å². The molecule has 29 heavy (non-hydrogen) atoms. The molecule has 9 heteroatoms. The highest BCUT2D eigenvalue weighted by atomic mass is 16.6. The minimum absolute atomic E-state index is 0.0528. The van der Waals surface area contributed by atoms with Crippen LogP contribution in [0.1, 0.15) is 16.1 Å². The van der Waals surface area contributed by atoms with E-state index in [9.17, 15) is 14.9 Å². The molecule has 1 heterocycles. The summed E-state index contributed by atoms with van der Waals surface area (Å²) in [5.74, 6) is 0.239. The summed E-state index contributed by atoms with van der Waals surface area (Å²) >= 11 is 0. The molecule has 0 aliphatic carbocycles. The molecule has 0 atom stereocenters. The number of hydrazone groups is 1. The lowest BCUT2D eigenvalue weighted by Crippen LogP contribution is -2.17. The number of carbonyl (C=O) groups excluding carboxylic acids is 1. The molecular formula is C20H17N5O4. The molecule has 1 amide bonds. The quantitative estimate of drug-likeness (QED) is 0.363. The van der Waals surface area contributed by atoms with Gasteiger partial charge in [0.05, 0.1) is 17.7 Å². The van der Waals surface area contributed by atoms with Gasteiger partial charge in [0.1, 0.15) is 11.4 Å². The van der Waals surface area contributed by atoms with Gasteiger partial charge in [0.25, 0.3) is 11.6 Å². The number of non-ortho nitro benzene ring substituents is 1. The number of nitrogens with one attached hydrogen (secondary N) is 2. The van der Waals surface area contributed by atoms with Crippen LogP contribution in [0.3, 0.4) is 0 Å². The van der Waals surface area contributed by atoms with Crippen molar-refractivity contribution in [3.8, 4) is 17.0 Å². The van der Waals surface area contributed by atoms with Crippen LogP contribution in [0, 0.1) is 10.1 Å². The van der Waals surface area contributed by atoms with Gasteiger partial charge in [-0.1, -0.05) is 30.3 Å². The first kappa shape index (κ1) is 19.5. The minimum atomic E-state index is -0.490. The summed E-state index contributed by atoms with van der Waals surface area (Å²) in [6.07, 6.45) is 4.90. The van der Waals surface area contributed by atoms with Crippen LogP contribution in [0.15, 0.2) is 65.8 Å². The molecule has 0 saturated carbocycles. The molecule has 3 aromatic rings. The lowest BCUT2D eigenvalue weighted by molar-refractivity contribution is -0.384. The minimum Gasteiger partial charge on any atom is -0.496 e. The third-order valence-corrected chi connectivity index (χ3v) is 3.92. The van der Waals surface area contributed by atoms with E-state index in [0.29, 0.717) is 11.3 Å². The number of nitro benzene ring substituents is 1. The van der Waals surface area contributed by atoms with Gasteiger partial charge in [-0.25, -0.2) is 5.43 Å². The monoisotopic (exact) mass is 391 g/mol. The molecule has 146 valence electrons. The Bertz CT molecular complexity index is 1090. The van der Waals surface area contributed by atoms with Crippen molar-refractivity contribution < 1.29 is 14.5 Å². The SMILES string of the molecule is COc1ccccc1/C=C/C=N/NC(=O)c1cc(-c2cccc([N+](=O)[O-])c2)n[nH]1. The maximum absolute atomic E-state index is 12.1. The van der Waals surface area contributed by atoms with E-state index in [0.717, 1.165) is 11.3 Å². The van der Waals surface area contributed by atoms with Crippen LogP contribution in [0.5, 0.6) is 5.75 Å². The molecule has 0 radical (unpaired) electrons. The summed E-state index contributed by atoms with van der Waals surface area (Å²) in [5.41, 5.74) is 4.32. The van der Waals surface area contributed by atoms with Crippen LogP contribution < -0.4 is 10.2 Å². The molecule has 0 bridgehead atoms. The van der Waals surface area contributed by atoms with Gasteiger partial charge in [-0.3, -0.25) is 20.0 Å². The molecule has 0 spiro atoms. The van der Waals surface area contributed by atoms with E-state index in [-0.39, 0.29) is 11.4 Å². The second-order valence-corrected chi connectivity index (χ2v) is 5.79. The lowest BCUT2D eigenvalue weighted by Gasteiger charge is -2.02. The molecule has 9 nitrogen and oxygen atoms in total. The zero-order chi connectivity index (χ0) is 20.6. The molecule has 1 aromatic heterocycles. The van der Waals surface area contributed by atoms with Crippen molar-refractivity contribution in [3.63, 3.8) is 0 Å². The molecule has 0 unspecified atom stereocenters. The summed E-state index contributed by atoms with van der Waals surface area (Å²) < 4.78 is 5.24. The molecule has 2 aromatic carbocycles. The highest BCUT2D eigenvalue weighted by Crippen LogP contribution is 2.22. The first-order valence-corrected chi connectivity index (χ1v) is 8.52. The fraction of sp³-hybridized carbons (Fsp3) is 0.0500. The number of ether oxygens (including phenoxy) is 1. The second kappa shape index (κ2) is 9.09. The number of nitrogens with zero attached hydrogens (tertiary/aromatic N) is 3. The number of rotatable bonds is 7. The third-order valence-electron chi connectivity index (χ3n) is 3.92. The largest absolute Gasteiger partial charge is 0.496 e. The van der Waals surface area contributed by atoms with E-state index in [2.05, 4.69) is 20.7 Å². The van der Waals surface area contributed by atoms with E-state index < -0.39 is 10.8 Å². The van der Waals surface area contributed by atoms with E-state index >= 15 is 0 Å². The Kier molecular flexibility index (Phi) is 6.11. The molecule has 0 fully saturated rings. The maximum Gasteiger partial charge on any atom is 0.289 e. The third kappa shape index (κ3) is 4.92. The van der Waals surface area contributed by atoms with Gasteiger partial charge in [-0.15, -0.1) is 0 Å². The number of aromatic nitrogens is 2. The predicted octanol–water partition coefficient (Wildman–Crippen LogP) is 3.42. The van der Waals surface area contributed by atoms with Crippen LogP contribution in [-0.2, 0) is 0 Å². The zero-order valence-electron chi connectivity index (χ0n) is 15.4. The number of nitro groups is 1. The molecule has 3 rings (SSSR count). The Hall–Kier alpha value is -4.27. The number of amides is 1. The maximum atomic E-state index is 12.1. The summed E-state index contributed by atoms with van der Waals surface area (Å²) in [4.78, 5) is 22.5. The number of benzene rings is 2. The average molecular weight is 391 g/mol. The number of hydrogen-bond donors (Lipinski definition) is 2. The van der Waals surface area contributed by atoms with Crippen molar-refractivity contribution in [1.82, 2.24) is 15.6 Å². The smallest absolute Gasteiger partial charge is 0.289 e. The summed E-state index contributed by atoms with van der Waals surface area (Å²) in [6, 6.07) is 15.0. The fourth-order valence-corrected chi connectivity index (χ4v) is 2.51. The summed E-state index contributed by atoms with van der Waals surface area (Å²) in [7, 11) is 1.59. The Labute approximate surface area is 165 Å². The number of aromatic amines is 1. The van der Waals surface area contributed by atoms with Crippen LogP contribution in [0.25, 0.3) is 17.3 Å². The van der Waals surface area contributed by atoms with E-state index in [1.165, 1.54) is 24.4 Å². The number of allylic oxidation sites excluding steroid dienone is 1.